The number of hydrogen-bond donors (Lipinski definition) is 2. The lowest BCUT2D eigenvalue weighted by Crippen LogP contribution is -2.30. The summed E-state index contributed by atoms with van der Waals surface area (Å²) in [7, 11) is 0. The number of hydrogen-bond acceptors (Lipinski definition) is 3. The van der Waals surface area contributed by atoms with Crippen molar-refractivity contribution in [3.8, 4) is 0 Å². The molecule has 0 saturated carbocycles. The van der Waals surface area contributed by atoms with Crippen LogP contribution in [0.5, 0.6) is 0 Å². The number of ketones is 1. The zero-order chi connectivity index (χ0) is 28.6. The van der Waals surface area contributed by atoms with E-state index in [0.717, 1.165) is 0 Å². The number of carbonyl (C=O) groups excluding carboxylic acids is 3. The Kier molecular flexibility index (Phi) is 9.80. The minimum Gasteiger partial charge on any atom is -0.321 e. The summed E-state index contributed by atoms with van der Waals surface area (Å²) < 4.78 is 0. The van der Waals surface area contributed by atoms with E-state index in [-0.39, 0.29) is 16.5 Å². The van der Waals surface area contributed by atoms with Crippen LogP contribution < -0.4 is 10.6 Å². The van der Waals surface area contributed by atoms with Gasteiger partial charge in [0, 0.05) is 32.4 Å². The largest absolute Gasteiger partial charge is 0.321 e. The SMILES string of the molecule is O=C(Nc1ccc(C(=O)/C=C/c2c(Cl)cccc2Cl)cc1)/C(=C/c1cccc(Cl)c1Cl)NC(=O)c1ccccc1. The molecule has 0 spiro atoms. The summed E-state index contributed by atoms with van der Waals surface area (Å²) in [5.74, 6) is -1.36. The van der Waals surface area contributed by atoms with Gasteiger partial charge in [0.25, 0.3) is 11.8 Å². The van der Waals surface area contributed by atoms with Gasteiger partial charge in [-0.2, -0.15) is 0 Å². The van der Waals surface area contributed by atoms with Gasteiger partial charge in [0.15, 0.2) is 5.78 Å². The van der Waals surface area contributed by atoms with Crippen LogP contribution in [0.1, 0.15) is 31.8 Å². The molecule has 0 atom stereocenters. The van der Waals surface area contributed by atoms with Crippen molar-refractivity contribution in [3.63, 3.8) is 0 Å². The first kappa shape index (κ1) is 29.1. The third-order valence-corrected chi connectivity index (χ3v) is 7.13. The second-order valence-electron chi connectivity index (χ2n) is 8.39. The molecule has 0 aromatic heterocycles. The molecule has 9 heteroatoms. The van der Waals surface area contributed by atoms with Crippen molar-refractivity contribution in [2.45, 2.75) is 0 Å². The van der Waals surface area contributed by atoms with Crippen molar-refractivity contribution < 1.29 is 14.4 Å². The van der Waals surface area contributed by atoms with Crippen LogP contribution in [-0.2, 0) is 4.79 Å². The quantitative estimate of drug-likeness (QED) is 0.155. The minimum atomic E-state index is -0.604. The van der Waals surface area contributed by atoms with E-state index in [4.69, 9.17) is 46.4 Å². The van der Waals surface area contributed by atoms with Crippen molar-refractivity contribution in [1.82, 2.24) is 5.32 Å². The number of amides is 2. The van der Waals surface area contributed by atoms with Gasteiger partial charge in [-0.15, -0.1) is 0 Å². The molecule has 0 aliphatic rings. The lowest BCUT2D eigenvalue weighted by molar-refractivity contribution is -0.113. The lowest BCUT2D eigenvalue weighted by atomic mass is 10.1. The first-order valence-electron chi connectivity index (χ1n) is 11.8. The van der Waals surface area contributed by atoms with E-state index in [1.165, 1.54) is 12.2 Å². The average Bonchev–Trinajstić information content (AvgIpc) is 2.95. The van der Waals surface area contributed by atoms with Crippen LogP contribution in [0.2, 0.25) is 20.1 Å². The van der Waals surface area contributed by atoms with E-state index in [0.29, 0.717) is 43.0 Å². The predicted octanol–water partition coefficient (Wildman–Crippen LogP) is 8.61. The standard InChI is InChI=1S/C31H20Cl4N2O3/c32-24-9-5-10-25(33)23(24)16-17-28(38)19-12-14-22(15-13-19)36-31(40)27(18-21-8-4-11-26(34)29(21)35)37-30(39)20-6-2-1-3-7-20/h1-18H,(H,36,40)(H,37,39)/b17-16+,27-18-. The number of anilines is 1. The van der Waals surface area contributed by atoms with Gasteiger partial charge in [-0.05, 0) is 78.4 Å². The molecule has 200 valence electrons. The zero-order valence-corrected chi connectivity index (χ0v) is 23.7. The molecule has 40 heavy (non-hydrogen) atoms. The lowest BCUT2D eigenvalue weighted by Gasteiger charge is -2.12. The van der Waals surface area contributed by atoms with Crippen LogP contribution in [-0.4, -0.2) is 17.6 Å². The molecule has 0 aliphatic heterocycles. The molecule has 0 fully saturated rings. The third-order valence-electron chi connectivity index (χ3n) is 5.64. The van der Waals surface area contributed by atoms with Gasteiger partial charge in [0.1, 0.15) is 5.70 Å². The van der Waals surface area contributed by atoms with E-state index in [2.05, 4.69) is 10.6 Å². The van der Waals surface area contributed by atoms with Crippen molar-refractivity contribution in [2.75, 3.05) is 5.32 Å². The smallest absolute Gasteiger partial charge is 0.272 e. The summed E-state index contributed by atoms with van der Waals surface area (Å²) in [6, 6.07) is 24.8. The number of rotatable bonds is 8. The Morgan fingerprint density at radius 2 is 1.27 bits per heavy atom. The summed E-state index contributed by atoms with van der Waals surface area (Å²) in [6.07, 6.45) is 4.36. The molecule has 4 aromatic carbocycles. The van der Waals surface area contributed by atoms with Crippen LogP contribution in [0.25, 0.3) is 12.2 Å². The van der Waals surface area contributed by atoms with Crippen LogP contribution in [0, 0.1) is 0 Å². The van der Waals surface area contributed by atoms with E-state index in [1.807, 2.05) is 0 Å². The summed E-state index contributed by atoms with van der Waals surface area (Å²) in [5, 5.41) is 6.76. The fourth-order valence-corrected chi connectivity index (χ4v) is 4.46. The summed E-state index contributed by atoms with van der Waals surface area (Å²) in [6.45, 7) is 0. The molecule has 0 radical (unpaired) electrons. The Labute approximate surface area is 251 Å². The maximum absolute atomic E-state index is 13.2. The highest BCUT2D eigenvalue weighted by molar-refractivity contribution is 6.43. The highest BCUT2D eigenvalue weighted by atomic mass is 35.5. The first-order valence-corrected chi connectivity index (χ1v) is 13.3. The number of allylic oxidation sites excluding steroid dienone is 1. The van der Waals surface area contributed by atoms with E-state index in [9.17, 15) is 14.4 Å². The molecule has 2 N–H and O–H groups in total. The second-order valence-corrected chi connectivity index (χ2v) is 9.99. The van der Waals surface area contributed by atoms with E-state index < -0.39 is 11.8 Å². The predicted molar refractivity (Wildman–Crippen MR) is 163 cm³/mol. The third kappa shape index (κ3) is 7.40. The summed E-state index contributed by atoms with van der Waals surface area (Å²) in [5.41, 5.74) is 2.08. The molecule has 5 nitrogen and oxygen atoms in total. The fraction of sp³-hybridized carbons (Fsp3) is 0. The molecule has 4 rings (SSSR count). The molecule has 0 bridgehead atoms. The molecule has 2 amide bonds. The molecule has 0 aliphatic carbocycles. The molecular formula is C31H20Cl4N2O3. The van der Waals surface area contributed by atoms with Gasteiger partial charge >= 0.3 is 0 Å². The number of benzene rings is 4. The molecule has 0 saturated heterocycles. The maximum atomic E-state index is 13.2. The van der Waals surface area contributed by atoms with Gasteiger partial charge in [-0.25, -0.2) is 0 Å². The Morgan fingerprint density at radius 3 is 1.95 bits per heavy atom. The van der Waals surface area contributed by atoms with Gasteiger partial charge in [-0.3, -0.25) is 14.4 Å². The molecule has 0 heterocycles. The van der Waals surface area contributed by atoms with Crippen LogP contribution >= 0.6 is 46.4 Å². The molecule has 0 unspecified atom stereocenters. The average molecular weight is 610 g/mol. The van der Waals surface area contributed by atoms with Gasteiger partial charge in [-0.1, -0.05) is 82.8 Å². The topological polar surface area (TPSA) is 75.3 Å². The second kappa shape index (κ2) is 13.5. The van der Waals surface area contributed by atoms with Crippen molar-refractivity contribution in [3.05, 3.63) is 145 Å². The summed E-state index contributed by atoms with van der Waals surface area (Å²) >= 11 is 24.7. The normalized spacial score (nSPS) is 11.3. The van der Waals surface area contributed by atoms with Crippen LogP contribution in [0.4, 0.5) is 5.69 Å². The first-order chi connectivity index (χ1) is 19.2. The maximum Gasteiger partial charge on any atom is 0.272 e. The zero-order valence-electron chi connectivity index (χ0n) is 20.6. The highest BCUT2D eigenvalue weighted by Crippen LogP contribution is 2.28. The highest BCUT2D eigenvalue weighted by Gasteiger charge is 2.16. The van der Waals surface area contributed by atoms with Crippen LogP contribution in [0.3, 0.4) is 0 Å². The Morgan fingerprint density at radius 1 is 0.650 bits per heavy atom. The number of nitrogens with one attached hydrogen (secondary N) is 2. The van der Waals surface area contributed by atoms with Gasteiger partial charge in [0.05, 0.1) is 10.0 Å². The number of halogens is 4. The monoisotopic (exact) mass is 608 g/mol. The van der Waals surface area contributed by atoms with Crippen LogP contribution in [0.15, 0.2) is 103 Å². The Bertz CT molecular complexity index is 1610. The summed E-state index contributed by atoms with van der Waals surface area (Å²) in [4.78, 5) is 38.7. The number of carbonyl (C=O) groups is 3. The van der Waals surface area contributed by atoms with Gasteiger partial charge in [0.2, 0.25) is 0 Å². The van der Waals surface area contributed by atoms with Gasteiger partial charge < -0.3 is 10.6 Å². The van der Waals surface area contributed by atoms with E-state index in [1.54, 1.807) is 97.1 Å². The molecule has 4 aromatic rings. The van der Waals surface area contributed by atoms with Crippen molar-refractivity contribution in [2.24, 2.45) is 0 Å². The van der Waals surface area contributed by atoms with Crippen molar-refractivity contribution in [1.29, 1.82) is 0 Å². The molecular weight excluding hydrogens is 590 g/mol. The van der Waals surface area contributed by atoms with Crippen molar-refractivity contribution >= 4 is 81.8 Å². The Balaban J connectivity index is 1.53. The van der Waals surface area contributed by atoms with E-state index >= 15 is 0 Å². The fourth-order valence-electron chi connectivity index (χ4n) is 3.57. The minimum absolute atomic E-state index is 0.0577. The Hall–Kier alpha value is -3.87.